The summed E-state index contributed by atoms with van der Waals surface area (Å²) in [6, 6.07) is -1.23. The molecule has 0 bridgehead atoms. The minimum atomic E-state index is -1.27. The van der Waals surface area contributed by atoms with Crippen LogP contribution in [0.3, 0.4) is 0 Å². The Balaban J connectivity index is 2.58. The van der Waals surface area contributed by atoms with Crippen molar-refractivity contribution in [3.05, 3.63) is 5.82 Å². The van der Waals surface area contributed by atoms with Crippen LogP contribution in [0.2, 0.25) is 0 Å². The van der Waals surface area contributed by atoms with Gasteiger partial charge in [-0.2, -0.15) is 5.21 Å². The van der Waals surface area contributed by atoms with Crippen LogP contribution in [0.15, 0.2) is 0 Å². The normalized spacial score (nSPS) is 11.8. The zero-order valence-electron chi connectivity index (χ0n) is 8.58. The molecule has 10 heteroatoms. The standard InChI is InChI=1S/C7H10N6O4/c8-4(14)2-1-3(7(16)17)9-6(15)5-10-12-13-11-5/h3H,1-2H2,(H2,8,14)(H,9,15)(H,16,17)(H,10,11,12,13). The molecule has 0 aliphatic rings. The van der Waals surface area contributed by atoms with Crippen LogP contribution in [-0.2, 0) is 9.59 Å². The van der Waals surface area contributed by atoms with E-state index in [0.29, 0.717) is 0 Å². The fourth-order valence-corrected chi connectivity index (χ4v) is 1.02. The van der Waals surface area contributed by atoms with Gasteiger partial charge in [-0.15, -0.1) is 10.2 Å². The zero-order chi connectivity index (χ0) is 12.8. The van der Waals surface area contributed by atoms with Crippen molar-refractivity contribution in [2.45, 2.75) is 18.9 Å². The molecule has 2 amide bonds. The molecule has 0 radical (unpaired) electrons. The molecule has 0 saturated carbocycles. The average Bonchev–Trinajstić information content (AvgIpc) is 2.76. The molecule has 17 heavy (non-hydrogen) atoms. The largest absolute Gasteiger partial charge is 0.480 e. The molecule has 10 nitrogen and oxygen atoms in total. The quantitative estimate of drug-likeness (QED) is 0.433. The van der Waals surface area contributed by atoms with E-state index in [-0.39, 0.29) is 18.7 Å². The molecule has 1 aromatic heterocycles. The van der Waals surface area contributed by atoms with Crippen molar-refractivity contribution in [1.82, 2.24) is 25.9 Å². The number of rotatable bonds is 6. The number of H-pyrrole nitrogens is 1. The van der Waals surface area contributed by atoms with Crippen LogP contribution < -0.4 is 11.1 Å². The van der Waals surface area contributed by atoms with Crippen molar-refractivity contribution in [3.8, 4) is 0 Å². The Morgan fingerprint density at radius 1 is 1.47 bits per heavy atom. The number of aromatic amines is 1. The maximum atomic E-state index is 11.4. The summed E-state index contributed by atoms with van der Waals surface area (Å²) in [7, 11) is 0. The van der Waals surface area contributed by atoms with Crippen molar-refractivity contribution in [2.75, 3.05) is 0 Å². The van der Waals surface area contributed by atoms with E-state index in [1.165, 1.54) is 0 Å². The summed E-state index contributed by atoms with van der Waals surface area (Å²) in [5.41, 5.74) is 4.88. The molecule has 1 aromatic rings. The second-order valence-corrected chi connectivity index (χ2v) is 3.10. The van der Waals surface area contributed by atoms with Gasteiger partial charge in [0.25, 0.3) is 11.7 Å². The highest BCUT2D eigenvalue weighted by molar-refractivity contribution is 5.93. The number of hydrogen-bond donors (Lipinski definition) is 4. The number of aliphatic carboxylic acids is 1. The monoisotopic (exact) mass is 242 g/mol. The maximum absolute atomic E-state index is 11.4. The molecule has 0 aromatic carbocycles. The van der Waals surface area contributed by atoms with E-state index < -0.39 is 23.8 Å². The molecule has 0 fully saturated rings. The average molecular weight is 242 g/mol. The summed E-state index contributed by atoms with van der Waals surface area (Å²) >= 11 is 0. The van der Waals surface area contributed by atoms with Crippen molar-refractivity contribution in [1.29, 1.82) is 0 Å². The van der Waals surface area contributed by atoms with Crippen molar-refractivity contribution >= 4 is 17.8 Å². The number of nitrogens with zero attached hydrogens (tertiary/aromatic N) is 3. The first-order valence-corrected chi connectivity index (χ1v) is 4.56. The Kier molecular flexibility index (Phi) is 4.08. The first-order valence-electron chi connectivity index (χ1n) is 4.56. The van der Waals surface area contributed by atoms with Gasteiger partial charge in [0.15, 0.2) is 0 Å². The third kappa shape index (κ3) is 3.85. The van der Waals surface area contributed by atoms with Gasteiger partial charge in [-0.1, -0.05) is 0 Å². The first kappa shape index (κ1) is 12.5. The molecule has 5 N–H and O–H groups in total. The fraction of sp³-hybridized carbons (Fsp3) is 0.429. The Bertz CT molecular complexity index is 416. The lowest BCUT2D eigenvalue weighted by molar-refractivity contribution is -0.139. The summed E-state index contributed by atoms with van der Waals surface area (Å²) in [5, 5.41) is 22.9. The Morgan fingerprint density at radius 3 is 2.65 bits per heavy atom. The number of tetrazole rings is 1. The Labute approximate surface area is 94.6 Å². The predicted molar refractivity (Wildman–Crippen MR) is 51.5 cm³/mol. The summed E-state index contributed by atoms with van der Waals surface area (Å²) in [6.45, 7) is 0. The lowest BCUT2D eigenvalue weighted by Gasteiger charge is -2.11. The molecule has 0 saturated heterocycles. The van der Waals surface area contributed by atoms with E-state index >= 15 is 0 Å². The molecule has 1 atom stereocenters. The second kappa shape index (κ2) is 5.53. The van der Waals surface area contributed by atoms with Crippen molar-refractivity contribution in [3.63, 3.8) is 0 Å². The fourth-order valence-electron chi connectivity index (χ4n) is 1.02. The number of carboxylic acids is 1. The van der Waals surface area contributed by atoms with Crippen molar-refractivity contribution in [2.24, 2.45) is 5.73 Å². The summed E-state index contributed by atoms with van der Waals surface area (Å²) in [6.07, 6.45) is -0.252. The van der Waals surface area contributed by atoms with Crippen LogP contribution in [0, 0.1) is 0 Å². The molecular formula is C7H10N6O4. The van der Waals surface area contributed by atoms with E-state index in [1.54, 1.807) is 0 Å². The predicted octanol–water partition coefficient (Wildman–Crippen LogP) is -2.35. The van der Waals surface area contributed by atoms with Gasteiger partial charge >= 0.3 is 5.97 Å². The van der Waals surface area contributed by atoms with E-state index in [4.69, 9.17) is 10.8 Å². The van der Waals surface area contributed by atoms with Crippen LogP contribution in [0.1, 0.15) is 23.5 Å². The number of carbonyl (C=O) groups is 3. The van der Waals surface area contributed by atoms with Gasteiger partial charge in [0, 0.05) is 6.42 Å². The van der Waals surface area contributed by atoms with Crippen LogP contribution >= 0.6 is 0 Å². The van der Waals surface area contributed by atoms with E-state index in [1.807, 2.05) is 0 Å². The van der Waals surface area contributed by atoms with Gasteiger partial charge in [0.2, 0.25) is 5.91 Å². The summed E-state index contributed by atoms with van der Waals surface area (Å²) < 4.78 is 0. The lowest BCUT2D eigenvalue weighted by Crippen LogP contribution is -2.41. The highest BCUT2D eigenvalue weighted by Gasteiger charge is 2.22. The zero-order valence-corrected chi connectivity index (χ0v) is 8.58. The molecule has 0 aliphatic carbocycles. The Morgan fingerprint density at radius 2 is 2.18 bits per heavy atom. The minimum Gasteiger partial charge on any atom is -0.480 e. The second-order valence-electron chi connectivity index (χ2n) is 3.10. The number of carbonyl (C=O) groups excluding carboxylic acids is 2. The van der Waals surface area contributed by atoms with Crippen LogP contribution in [0.25, 0.3) is 0 Å². The minimum absolute atomic E-state index is 0.103. The molecule has 92 valence electrons. The molecule has 1 unspecified atom stereocenters. The smallest absolute Gasteiger partial charge is 0.326 e. The number of primary amides is 1. The number of nitrogens with two attached hydrogens (primary N) is 1. The number of carboxylic acid groups (broad SMARTS) is 1. The van der Waals surface area contributed by atoms with Crippen LogP contribution in [0.5, 0.6) is 0 Å². The molecule has 0 aliphatic heterocycles. The van der Waals surface area contributed by atoms with Crippen molar-refractivity contribution < 1.29 is 19.5 Å². The molecule has 1 rings (SSSR count). The van der Waals surface area contributed by atoms with E-state index in [9.17, 15) is 14.4 Å². The summed E-state index contributed by atoms with van der Waals surface area (Å²) in [4.78, 5) is 32.7. The number of amides is 2. The van der Waals surface area contributed by atoms with E-state index in [2.05, 4.69) is 25.9 Å². The lowest BCUT2D eigenvalue weighted by atomic mass is 10.1. The highest BCUT2D eigenvalue weighted by Crippen LogP contribution is 1.98. The van der Waals surface area contributed by atoms with Crippen LogP contribution in [0.4, 0.5) is 0 Å². The van der Waals surface area contributed by atoms with Crippen LogP contribution in [-0.4, -0.2) is 49.6 Å². The molecular weight excluding hydrogens is 232 g/mol. The molecule has 1 heterocycles. The van der Waals surface area contributed by atoms with Gasteiger partial charge in [0.05, 0.1) is 0 Å². The SMILES string of the molecule is NC(=O)CCC(NC(=O)c1nn[nH]n1)C(=O)O. The highest BCUT2D eigenvalue weighted by atomic mass is 16.4. The summed E-state index contributed by atoms with van der Waals surface area (Å²) in [5.74, 6) is -3.00. The number of aromatic nitrogens is 4. The number of nitrogens with one attached hydrogen (secondary N) is 2. The maximum Gasteiger partial charge on any atom is 0.326 e. The number of hydrogen-bond acceptors (Lipinski definition) is 6. The third-order valence-corrected chi connectivity index (χ3v) is 1.83. The van der Waals surface area contributed by atoms with Gasteiger partial charge in [0.1, 0.15) is 6.04 Å². The van der Waals surface area contributed by atoms with Gasteiger partial charge in [-0.3, -0.25) is 9.59 Å². The van der Waals surface area contributed by atoms with Gasteiger partial charge in [-0.05, 0) is 11.6 Å². The first-order chi connectivity index (χ1) is 8.00. The van der Waals surface area contributed by atoms with E-state index in [0.717, 1.165) is 0 Å². The topological polar surface area (TPSA) is 164 Å². The third-order valence-electron chi connectivity index (χ3n) is 1.83. The van der Waals surface area contributed by atoms with Gasteiger partial charge < -0.3 is 16.2 Å². The Hall–Kier alpha value is -2.52. The van der Waals surface area contributed by atoms with Gasteiger partial charge in [-0.25, -0.2) is 4.79 Å². The molecule has 0 spiro atoms.